The lowest BCUT2D eigenvalue weighted by Gasteiger charge is -2.37. The van der Waals surface area contributed by atoms with Crippen LogP contribution in [0, 0.1) is 5.82 Å². The highest BCUT2D eigenvalue weighted by Gasteiger charge is 2.42. The van der Waals surface area contributed by atoms with Gasteiger partial charge in [-0.3, -0.25) is 4.79 Å². The van der Waals surface area contributed by atoms with Gasteiger partial charge >= 0.3 is 0 Å². The van der Waals surface area contributed by atoms with Gasteiger partial charge in [0.25, 0.3) is 0 Å². The number of hydrogen-bond acceptors (Lipinski definition) is 5. The van der Waals surface area contributed by atoms with Crippen molar-refractivity contribution in [1.82, 2.24) is 4.72 Å². The van der Waals surface area contributed by atoms with Crippen LogP contribution < -0.4 is 14.9 Å². The van der Waals surface area contributed by atoms with Crippen molar-refractivity contribution in [3.63, 3.8) is 0 Å². The molecule has 2 aliphatic rings. The number of morpholine rings is 1. The maximum Gasteiger partial charge on any atom is 0.245 e. The van der Waals surface area contributed by atoms with Crippen molar-refractivity contribution in [2.24, 2.45) is 0 Å². The molecule has 29 heavy (non-hydrogen) atoms. The second kappa shape index (κ2) is 8.57. The summed E-state index contributed by atoms with van der Waals surface area (Å²) in [6.07, 6.45) is 4.39. The molecule has 0 spiro atoms. The molecular weight excluding hydrogens is 397 g/mol. The van der Waals surface area contributed by atoms with E-state index in [4.69, 9.17) is 4.74 Å². The minimum atomic E-state index is -3.56. The molecule has 1 saturated carbocycles. The SMILES string of the molecule is C[C@@H]1CN(c2ccc(NC(=O)C3(NS(C)(=O)=O)CCCCC3)cc2F)C[C@@H](C)O1. The van der Waals surface area contributed by atoms with Gasteiger partial charge in [-0.05, 0) is 44.9 Å². The summed E-state index contributed by atoms with van der Waals surface area (Å²) < 4.78 is 46.7. The number of sulfonamides is 1. The molecular formula is C20H30FN3O4S. The number of rotatable bonds is 5. The van der Waals surface area contributed by atoms with E-state index in [1.165, 1.54) is 6.07 Å². The van der Waals surface area contributed by atoms with Crippen molar-refractivity contribution in [1.29, 1.82) is 0 Å². The van der Waals surface area contributed by atoms with Crippen LogP contribution >= 0.6 is 0 Å². The molecule has 2 atom stereocenters. The number of anilines is 2. The van der Waals surface area contributed by atoms with Gasteiger partial charge < -0.3 is 15.0 Å². The highest BCUT2D eigenvalue weighted by Crippen LogP contribution is 2.31. The number of nitrogens with zero attached hydrogens (tertiary/aromatic N) is 1. The van der Waals surface area contributed by atoms with Crippen molar-refractivity contribution in [3.8, 4) is 0 Å². The van der Waals surface area contributed by atoms with Crippen LogP contribution in [-0.2, 0) is 19.6 Å². The molecule has 1 aromatic rings. The maximum absolute atomic E-state index is 14.8. The summed E-state index contributed by atoms with van der Waals surface area (Å²) in [6, 6.07) is 4.58. The van der Waals surface area contributed by atoms with Crippen LogP contribution in [0.1, 0.15) is 46.0 Å². The molecule has 0 bridgehead atoms. The fourth-order valence-electron chi connectivity index (χ4n) is 4.35. The lowest BCUT2D eigenvalue weighted by atomic mass is 9.82. The Morgan fingerprint density at radius 1 is 1.17 bits per heavy atom. The Balaban J connectivity index is 1.77. The fourth-order valence-corrected chi connectivity index (χ4v) is 5.36. The summed E-state index contributed by atoms with van der Waals surface area (Å²) in [5, 5.41) is 2.71. The Kier molecular flexibility index (Phi) is 6.50. The van der Waals surface area contributed by atoms with Crippen LogP contribution in [0.15, 0.2) is 18.2 Å². The predicted molar refractivity (Wildman–Crippen MR) is 111 cm³/mol. The third-order valence-corrected chi connectivity index (χ3v) is 6.25. The number of amides is 1. The summed E-state index contributed by atoms with van der Waals surface area (Å²) in [5.74, 6) is -0.874. The van der Waals surface area contributed by atoms with E-state index in [2.05, 4.69) is 10.0 Å². The van der Waals surface area contributed by atoms with Gasteiger partial charge in [-0.15, -0.1) is 0 Å². The number of ether oxygens (including phenoxy) is 1. The van der Waals surface area contributed by atoms with E-state index in [-0.39, 0.29) is 12.2 Å². The van der Waals surface area contributed by atoms with Gasteiger partial charge in [-0.2, -0.15) is 4.72 Å². The quantitative estimate of drug-likeness (QED) is 0.754. The lowest BCUT2D eigenvalue weighted by molar-refractivity contribution is -0.122. The van der Waals surface area contributed by atoms with Gasteiger partial charge in [0.15, 0.2) is 0 Å². The van der Waals surface area contributed by atoms with Gasteiger partial charge in [0.1, 0.15) is 11.4 Å². The molecule has 0 radical (unpaired) electrons. The van der Waals surface area contributed by atoms with E-state index >= 15 is 0 Å². The zero-order valence-electron chi connectivity index (χ0n) is 17.2. The first-order valence-corrected chi connectivity index (χ1v) is 12.0. The second-order valence-corrected chi connectivity index (χ2v) is 10.0. The first-order valence-electron chi connectivity index (χ1n) is 10.1. The molecule has 0 aromatic heterocycles. The number of halogens is 1. The van der Waals surface area contributed by atoms with E-state index in [9.17, 15) is 17.6 Å². The molecule has 3 rings (SSSR count). The van der Waals surface area contributed by atoms with Crippen molar-refractivity contribution in [3.05, 3.63) is 24.0 Å². The van der Waals surface area contributed by atoms with Crippen LogP contribution in [0.5, 0.6) is 0 Å². The van der Waals surface area contributed by atoms with Crippen LogP contribution in [0.2, 0.25) is 0 Å². The second-order valence-electron chi connectivity index (χ2n) is 8.30. The van der Waals surface area contributed by atoms with Gasteiger partial charge in [-0.1, -0.05) is 19.3 Å². The molecule has 162 valence electrons. The minimum Gasteiger partial charge on any atom is -0.372 e. The average molecular weight is 428 g/mol. The predicted octanol–water partition coefficient (Wildman–Crippen LogP) is 2.63. The first kappa shape index (κ1) is 22.0. The van der Waals surface area contributed by atoms with Gasteiger partial charge in [0.05, 0.1) is 24.2 Å². The molecule has 1 saturated heterocycles. The highest BCUT2D eigenvalue weighted by molar-refractivity contribution is 7.88. The van der Waals surface area contributed by atoms with E-state index in [0.29, 0.717) is 37.3 Å². The van der Waals surface area contributed by atoms with E-state index in [1.54, 1.807) is 12.1 Å². The van der Waals surface area contributed by atoms with Crippen molar-refractivity contribution in [2.45, 2.75) is 63.7 Å². The number of hydrogen-bond donors (Lipinski definition) is 2. The molecule has 1 amide bonds. The Morgan fingerprint density at radius 3 is 2.34 bits per heavy atom. The van der Waals surface area contributed by atoms with E-state index in [0.717, 1.165) is 25.5 Å². The van der Waals surface area contributed by atoms with Crippen LogP contribution in [0.3, 0.4) is 0 Å². The molecule has 1 heterocycles. The number of carbonyl (C=O) groups excluding carboxylic acids is 1. The normalized spacial score (nSPS) is 24.9. The standard InChI is InChI=1S/C20H30FN3O4S/c1-14-12-24(13-15(2)28-14)18-8-7-16(11-17(18)21)22-19(25)20(23-29(3,26)27)9-5-4-6-10-20/h7-8,11,14-15,23H,4-6,9-10,12-13H2,1-3H3,(H,22,25)/t14-,15-/m1/s1. The number of carbonyl (C=O) groups is 1. The zero-order chi connectivity index (χ0) is 21.2. The largest absolute Gasteiger partial charge is 0.372 e. The van der Waals surface area contributed by atoms with Crippen LogP contribution in [-0.4, -0.2) is 51.4 Å². The summed E-state index contributed by atoms with van der Waals surface area (Å²) in [5.41, 5.74) is -0.409. The monoisotopic (exact) mass is 427 g/mol. The fraction of sp³-hybridized carbons (Fsp3) is 0.650. The van der Waals surface area contributed by atoms with Crippen LogP contribution in [0.25, 0.3) is 0 Å². The Hall–Kier alpha value is -1.71. The minimum absolute atomic E-state index is 0.00533. The topological polar surface area (TPSA) is 87.7 Å². The van der Waals surface area contributed by atoms with Crippen LogP contribution in [0.4, 0.5) is 15.8 Å². The molecule has 1 aliphatic carbocycles. The number of nitrogens with one attached hydrogen (secondary N) is 2. The Morgan fingerprint density at radius 2 is 1.79 bits per heavy atom. The summed E-state index contributed by atoms with van der Waals surface area (Å²) in [6.45, 7) is 5.09. The first-order chi connectivity index (χ1) is 13.6. The maximum atomic E-state index is 14.8. The van der Waals surface area contributed by atoms with Gasteiger partial charge in [0, 0.05) is 18.8 Å². The molecule has 1 aliphatic heterocycles. The summed E-state index contributed by atoms with van der Waals surface area (Å²) in [7, 11) is -3.56. The Bertz CT molecular complexity index is 845. The van der Waals surface area contributed by atoms with Crippen molar-refractivity contribution < 1.29 is 22.3 Å². The van der Waals surface area contributed by atoms with E-state index in [1.807, 2.05) is 18.7 Å². The smallest absolute Gasteiger partial charge is 0.245 e. The average Bonchev–Trinajstić information content (AvgIpc) is 2.60. The molecule has 7 nitrogen and oxygen atoms in total. The Labute approximate surface area is 172 Å². The third kappa shape index (κ3) is 5.46. The van der Waals surface area contributed by atoms with Crippen molar-refractivity contribution in [2.75, 3.05) is 29.6 Å². The van der Waals surface area contributed by atoms with Gasteiger partial charge in [0.2, 0.25) is 15.9 Å². The zero-order valence-corrected chi connectivity index (χ0v) is 18.0. The summed E-state index contributed by atoms with van der Waals surface area (Å²) >= 11 is 0. The molecule has 0 unspecified atom stereocenters. The molecule has 1 aromatic carbocycles. The number of benzene rings is 1. The third-order valence-electron chi connectivity index (χ3n) is 5.49. The molecule has 2 N–H and O–H groups in total. The summed E-state index contributed by atoms with van der Waals surface area (Å²) in [4.78, 5) is 14.9. The van der Waals surface area contributed by atoms with Crippen molar-refractivity contribution >= 4 is 27.3 Å². The van der Waals surface area contributed by atoms with Gasteiger partial charge in [-0.25, -0.2) is 12.8 Å². The van der Waals surface area contributed by atoms with E-state index < -0.39 is 27.3 Å². The lowest BCUT2D eigenvalue weighted by Crippen LogP contribution is -2.57. The molecule has 2 fully saturated rings. The molecule has 9 heteroatoms. The highest BCUT2D eigenvalue weighted by atomic mass is 32.2.